The lowest BCUT2D eigenvalue weighted by atomic mass is 10.1. The zero-order chi connectivity index (χ0) is 11.2. The van der Waals surface area contributed by atoms with Gasteiger partial charge in [0.15, 0.2) is 0 Å². The largest absolute Gasteiger partial charge is 0.400 e. The summed E-state index contributed by atoms with van der Waals surface area (Å²) in [6.45, 7) is 2.50. The van der Waals surface area contributed by atoms with Crippen molar-refractivity contribution in [2.75, 3.05) is 13.1 Å². The molecule has 1 saturated carbocycles. The van der Waals surface area contributed by atoms with Crippen LogP contribution in [0.3, 0.4) is 0 Å². The van der Waals surface area contributed by atoms with E-state index in [-0.39, 0.29) is 6.04 Å². The number of alkyl halides is 3. The fourth-order valence-corrected chi connectivity index (χ4v) is 2.07. The van der Waals surface area contributed by atoms with Crippen molar-refractivity contribution in [3.63, 3.8) is 0 Å². The van der Waals surface area contributed by atoms with Gasteiger partial charge in [-0.3, -0.25) is 4.79 Å². The Morgan fingerprint density at radius 3 is 2.40 bits per heavy atom. The number of carbonyl (C=O) groups excluding carboxylic acids is 1. The highest BCUT2D eigenvalue weighted by Crippen LogP contribution is 2.42. The van der Waals surface area contributed by atoms with Gasteiger partial charge in [0.25, 0.3) is 0 Å². The van der Waals surface area contributed by atoms with E-state index in [1.807, 2.05) is 0 Å². The molecule has 2 N–H and O–H groups in total. The first kappa shape index (κ1) is 10.7. The number of piperidine rings is 1. The summed E-state index contributed by atoms with van der Waals surface area (Å²) >= 11 is 0. The highest BCUT2D eigenvalue weighted by atomic mass is 19.4. The molecule has 1 saturated heterocycles. The van der Waals surface area contributed by atoms with Crippen molar-refractivity contribution in [3.8, 4) is 0 Å². The number of rotatable bonds is 2. The highest BCUT2D eigenvalue weighted by molar-refractivity contribution is 5.79. The molecule has 3 atom stereocenters. The first-order valence-corrected chi connectivity index (χ1v) is 4.99. The molecule has 86 valence electrons. The predicted octanol–water partition coefficient (Wildman–Crippen LogP) is 0.519. The Labute approximate surface area is 85.4 Å². The maximum atomic E-state index is 12.2. The van der Waals surface area contributed by atoms with E-state index in [1.54, 1.807) is 0 Å². The van der Waals surface area contributed by atoms with Gasteiger partial charge in [0, 0.05) is 19.1 Å². The zero-order valence-electron chi connectivity index (χ0n) is 8.27. The van der Waals surface area contributed by atoms with Crippen molar-refractivity contribution in [3.05, 3.63) is 0 Å². The van der Waals surface area contributed by atoms with Gasteiger partial charge >= 0.3 is 6.18 Å². The molecule has 0 radical (unpaired) electrons. The molecule has 2 aliphatic rings. The molecule has 0 aromatic rings. The smallest absolute Gasteiger partial charge is 0.352 e. The van der Waals surface area contributed by atoms with E-state index < -0.39 is 18.0 Å². The van der Waals surface area contributed by atoms with Crippen molar-refractivity contribution in [2.24, 2.45) is 17.8 Å². The molecule has 0 aromatic heterocycles. The second-order valence-electron chi connectivity index (χ2n) is 4.28. The first-order chi connectivity index (χ1) is 6.91. The number of fused-ring (bicyclic) bond motifs is 1. The van der Waals surface area contributed by atoms with Crippen LogP contribution >= 0.6 is 0 Å². The van der Waals surface area contributed by atoms with Crippen LogP contribution in [0, 0.1) is 17.8 Å². The van der Waals surface area contributed by atoms with Gasteiger partial charge < -0.3 is 10.6 Å². The quantitative estimate of drug-likeness (QED) is 0.715. The van der Waals surface area contributed by atoms with Crippen molar-refractivity contribution in [1.29, 1.82) is 0 Å². The topological polar surface area (TPSA) is 41.1 Å². The second-order valence-corrected chi connectivity index (χ2v) is 4.28. The van der Waals surface area contributed by atoms with Crippen LogP contribution < -0.4 is 10.6 Å². The summed E-state index contributed by atoms with van der Waals surface area (Å²) in [6, 6.07) is -0.0384. The lowest BCUT2D eigenvalue weighted by molar-refractivity contribution is -0.179. The Balaban J connectivity index is 1.83. The molecule has 3 nitrogen and oxygen atoms in total. The first-order valence-electron chi connectivity index (χ1n) is 4.99. The van der Waals surface area contributed by atoms with E-state index in [0.717, 1.165) is 20.0 Å². The number of amides is 1. The summed E-state index contributed by atoms with van der Waals surface area (Å²) in [5.41, 5.74) is 0. The van der Waals surface area contributed by atoms with Crippen LogP contribution in [0.1, 0.15) is 6.92 Å². The van der Waals surface area contributed by atoms with Crippen LogP contribution in [-0.2, 0) is 4.79 Å². The summed E-state index contributed by atoms with van der Waals surface area (Å²) in [5, 5.41) is 5.57. The fourth-order valence-electron chi connectivity index (χ4n) is 2.07. The number of halogens is 3. The highest BCUT2D eigenvalue weighted by Gasteiger charge is 2.54. The minimum Gasteiger partial charge on any atom is -0.352 e. The molecule has 2 fully saturated rings. The van der Waals surface area contributed by atoms with Crippen LogP contribution in [0.15, 0.2) is 0 Å². The Bertz CT molecular complexity index is 269. The van der Waals surface area contributed by atoms with E-state index in [9.17, 15) is 18.0 Å². The molecule has 3 unspecified atom stereocenters. The summed E-state index contributed by atoms with van der Waals surface area (Å²) in [7, 11) is 0. The third kappa shape index (κ3) is 1.95. The van der Waals surface area contributed by atoms with Crippen molar-refractivity contribution in [1.82, 2.24) is 10.6 Å². The second kappa shape index (κ2) is 3.37. The maximum absolute atomic E-state index is 12.2. The summed E-state index contributed by atoms with van der Waals surface area (Å²) in [4.78, 5) is 11.2. The standard InChI is InChI=1S/C9H13F3N2O/c1-4(9(10,11)12)8(15)14-7-5-2-13-3-6(5)7/h4-7,13H,2-3H2,1H3,(H,14,15). The normalized spacial score (nSPS) is 35.9. The molecular weight excluding hydrogens is 209 g/mol. The van der Waals surface area contributed by atoms with Gasteiger partial charge in [0.2, 0.25) is 5.91 Å². The fraction of sp³-hybridized carbons (Fsp3) is 0.889. The molecule has 15 heavy (non-hydrogen) atoms. The van der Waals surface area contributed by atoms with Crippen LogP contribution in [0.5, 0.6) is 0 Å². The van der Waals surface area contributed by atoms with Gasteiger partial charge in [-0.15, -0.1) is 0 Å². The summed E-state index contributed by atoms with van der Waals surface area (Å²) in [6.07, 6.45) is -4.44. The van der Waals surface area contributed by atoms with Crippen LogP contribution in [0.25, 0.3) is 0 Å². The molecule has 0 aromatic carbocycles. The van der Waals surface area contributed by atoms with E-state index >= 15 is 0 Å². The molecule has 1 heterocycles. The average Bonchev–Trinajstić information content (AvgIpc) is 2.62. The van der Waals surface area contributed by atoms with Crippen molar-refractivity contribution in [2.45, 2.75) is 19.1 Å². The van der Waals surface area contributed by atoms with E-state index in [0.29, 0.717) is 11.8 Å². The van der Waals surface area contributed by atoms with Crippen LogP contribution in [0.2, 0.25) is 0 Å². The number of nitrogens with one attached hydrogen (secondary N) is 2. The molecule has 1 aliphatic heterocycles. The Hall–Kier alpha value is -0.780. The number of carbonyl (C=O) groups is 1. The van der Waals surface area contributed by atoms with Crippen molar-refractivity contribution < 1.29 is 18.0 Å². The minimum absolute atomic E-state index is 0.0384. The van der Waals surface area contributed by atoms with E-state index in [1.165, 1.54) is 0 Å². The predicted molar refractivity (Wildman–Crippen MR) is 47.0 cm³/mol. The summed E-state index contributed by atoms with van der Waals surface area (Å²) < 4.78 is 36.6. The molecule has 1 aliphatic carbocycles. The van der Waals surface area contributed by atoms with Crippen LogP contribution in [-0.4, -0.2) is 31.2 Å². The van der Waals surface area contributed by atoms with Gasteiger partial charge in [-0.05, 0) is 18.8 Å². The van der Waals surface area contributed by atoms with Crippen molar-refractivity contribution >= 4 is 5.91 Å². The Morgan fingerprint density at radius 1 is 1.40 bits per heavy atom. The Morgan fingerprint density at radius 2 is 1.93 bits per heavy atom. The van der Waals surface area contributed by atoms with Gasteiger partial charge in [-0.1, -0.05) is 0 Å². The lowest BCUT2D eigenvalue weighted by Gasteiger charge is -2.16. The third-order valence-electron chi connectivity index (χ3n) is 3.28. The molecule has 2 rings (SSSR count). The van der Waals surface area contributed by atoms with Gasteiger partial charge in [0.05, 0.1) is 0 Å². The summed E-state index contributed by atoms with van der Waals surface area (Å²) in [5.74, 6) is -2.13. The van der Waals surface area contributed by atoms with E-state index in [4.69, 9.17) is 0 Å². The lowest BCUT2D eigenvalue weighted by Crippen LogP contribution is -2.41. The monoisotopic (exact) mass is 222 g/mol. The molecule has 0 bridgehead atoms. The Kier molecular flexibility index (Phi) is 2.41. The molecule has 6 heteroatoms. The van der Waals surface area contributed by atoms with E-state index in [2.05, 4.69) is 10.6 Å². The number of hydrogen-bond donors (Lipinski definition) is 2. The number of hydrogen-bond acceptors (Lipinski definition) is 2. The maximum Gasteiger partial charge on any atom is 0.400 e. The zero-order valence-corrected chi connectivity index (χ0v) is 8.27. The molecular formula is C9H13F3N2O. The molecule has 0 spiro atoms. The van der Waals surface area contributed by atoms with Crippen LogP contribution in [0.4, 0.5) is 13.2 Å². The van der Waals surface area contributed by atoms with Gasteiger partial charge in [0.1, 0.15) is 5.92 Å². The van der Waals surface area contributed by atoms with Gasteiger partial charge in [-0.2, -0.15) is 13.2 Å². The molecule has 1 amide bonds. The SMILES string of the molecule is CC(C(=O)NC1C2CNCC21)C(F)(F)F. The third-order valence-corrected chi connectivity index (χ3v) is 3.28. The van der Waals surface area contributed by atoms with Gasteiger partial charge in [-0.25, -0.2) is 0 Å². The minimum atomic E-state index is -4.44. The average molecular weight is 222 g/mol.